The summed E-state index contributed by atoms with van der Waals surface area (Å²) in [5, 5.41) is 9.94. The van der Waals surface area contributed by atoms with Crippen molar-refractivity contribution in [3.05, 3.63) is 35.6 Å². The lowest BCUT2D eigenvalue weighted by atomic mass is 9.71. The largest absolute Gasteiger partial charge is 0.391 e. The fourth-order valence-corrected chi connectivity index (χ4v) is 6.32. The number of hydrogen-bond donors (Lipinski definition) is 1. The molecule has 0 aliphatic carbocycles. The Kier molecular flexibility index (Phi) is 5.73. The zero-order chi connectivity index (χ0) is 21.5. The van der Waals surface area contributed by atoms with Gasteiger partial charge in [-0.3, -0.25) is 9.59 Å². The second-order valence-electron chi connectivity index (χ2n) is 9.82. The summed E-state index contributed by atoms with van der Waals surface area (Å²) in [6.07, 6.45) is 4.43. The SMILES string of the molecule is O=C([C@H]1[C@@H]2C[C@@H](CN(CCc3ccc(F)cc3)C2)[C@@H]2CCCC(=O)N21)N1CC[C@H](O)C1. The van der Waals surface area contributed by atoms with Crippen molar-refractivity contribution in [2.75, 3.05) is 32.7 Å². The first kappa shape index (κ1) is 20.9. The highest BCUT2D eigenvalue weighted by Crippen LogP contribution is 2.42. The smallest absolute Gasteiger partial charge is 0.245 e. The number of benzene rings is 1. The van der Waals surface area contributed by atoms with Crippen LogP contribution < -0.4 is 0 Å². The van der Waals surface area contributed by atoms with Gasteiger partial charge in [0.1, 0.15) is 11.9 Å². The Balaban J connectivity index is 1.34. The molecule has 7 heteroatoms. The van der Waals surface area contributed by atoms with Crippen LogP contribution in [0.1, 0.15) is 37.7 Å². The van der Waals surface area contributed by atoms with Crippen molar-refractivity contribution >= 4 is 11.8 Å². The second-order valence-corrected chi connectivity index (χ2v) is 9.82. The molecule has 4 heterocycles. The zero-order valence-electron chi connectivity index (χ0n) is 18.0. The number of halogens is 1. The minimum absolute atomic E-state index is 0.0284. The fraction of sp³-hybridized carbons (Fsp3) is 0.667. The van der Waals surface area contributed by atoms with E-state index in [9.17, 15) is 19.1 Å². The summed E-state index contributed by atoms with van der Waals surface area (Å²) in [6.45, 7) is 3.60. The van der Waals surface area contributed by atoms with Gasteiger partial charge >= 0.3 is 0 Å². The number of amides is 2. The third-order valence-corrected chi connectivity index (χ3v) is 7.78. The van der Waals surface area contributed by atoms with E-state index in [1.807, 2.05) is 17.0 Å². The Hall–Kier alpha value is -1.99. The second kappa shape index (κ2) is 8.51. The van der Waals surface area contributed by atoms with Crippen LogP contribution in [0, 0.1) is 17.7 Å². The minimum atomic E-state index is -0.452. The lowest BCUT2D eigenvalue weighted by molar-refractivity contribution is -0.164. The molecule has 4 aliphatic heterocycles. The molecule has 4 aliphatic rings. The predicted octanol–water partition coefficient (Wildman–Crippen LogP) is 1.66. The lowest BCUT2D eigenvalue weighted by Crippen LogP contribution is -2.68. The maximum atomic E-state index is 13.5. The number of likely N-dealkylation sites (tertiary alicyclic amines) is 2. The first-order valence-electron chi connectivity index (χ1n) is 11.7. The zero-order valence-corrected chi connectivity index (χ0v) is 18.0. The van der Waals surface area contributed by atoms with Crippen LogP contribution in [-0.4, -0.2) is 82.5 Å². The van der Waals surface area contributed by atoms with Gasteiger partial charge in [0.15, 0.2) is 0 Å². The monoisotopic (exact) mass is 429 g/mol. The molecule has 5 atom stereocenters. The van der Waals surface area contributed by atoms with E-state index in [0.29, 0.717) is 31.8 Å². The normalized spacial score (nSPS) is 33.5. The molecule has 6 nitrogen and oxygen atoms in total. The van der Waals surface area contributed by atoms with E-state index in [-0.39, 0.29) is 29.6 Å². The van der Waals surface area contributed by atoms with Gasteiger partial charge < -0.3 is 19.8 Å². The molecule has 5 rings (SSSR count). The molecular formula is C24H32FN3O3. The average Bonchev–Trinajstić information content (AvgIpc) is 3.20. The van der Waals surface area contributed by atoms with Gasteiger partial charge in [-0.25, -0.2) is 4.39 Å². The molecule has 0 unspecified atom stereocenters. The number of aliphatic hydroxyl groups excluding tert-OH is 1. The summed E-state index contributed by atoms with van der Waals surface area (Å²) in [6, 6.07) is 6.44. The van der Waals surface area contributed by atoms with Crippen molar-refractivity contribution < 1.29 is 19.1 Å². The number of carbonyl (C=O) groups is 2. The molecule has 1 aromatic rings. The first-order valence-corrected chi connectivity index (χ1v) is 11.7. The van der Waals surface area contributed by atoms with E-state index >= 15 is 0 Å². The van der Waals surface area contributed by atoms with E-state index in [1.165, 1.54) is 12.1 Å². The first-order chi connectivity index (χ1) is 15.0. The minimum Gasteiger partial charge on any atom is -0.391 e. The van der Waals surface area contributed by atoms with Crippen LogP contribution in [0.2, 0.25) is 0 Å². The quantitative estimate of drug-likeness (QED) is 0.791. The summed E-state index contributed by atoms with van der Waals surface area (Å²) in [5.41, 5.74) is 1.12. The molecule has 4 fully saturated rings. The highest BCUT2D eigenvalue weighted by Gasteiger charge is 2.52. The van der Waals surface area contributed by atoms with Gasteiger partial charge in [-0.2, -0.15) is 0 Å². The van der Waals surface area contributed by atoms with E-state index in [2.05, 4.69) is 4.90 Å². The Morgan fingerprint density at radius 2 is 1.87 bits per heavy atom. The average molecular weight is 430 g/mol. The van der Waals surface area contributed by atoms with Gasteiger partial charge in [0, 0.05) is 51.1 Å². The van der Waals surface area contributed by atoms with E-state index in [0.717, 1.165) is 50.9 Å². The molecule has 0 spiro atoms. The highest BCUT2D eigenvalue weighted by molar-refractivity contribution is 5.89. The number of hydrogen-bond acceptors (Lipinski definition) is 4. The maximum absolute atomic E-state index is 13.5. The number of nitrogens with zero attached hydrogens (tertiary/aromatic N) is 3. The van der Waals surface area contributed by atoms with Crippen molar-refractivity contribution in [3.8, 4) is 0 Å². The third kappa shape index (κ3) is 4.10. The number of carbonyl (C=O) groups excluding carboxylic acids is 2. The van der Waals surface area contributed by atoms with Gasteiger partial charge in [0.2, 0.25) is 11.8 Å². The Bertz CT molecular complexity index is 832. The molecule has 0 radical (unpaired) electrons. The summed E-state index contributed by atoms with van der Waals surface area (Å²) >= 11 is 0. The number of fused-ring (bicyclic) bond motifs is 4. The molecular weight excluding hydrogens is 397 g/mol. The summed E-state index contributed by atoms with van der Waals surface area (Å²) in [7, 11) is 0. The molecule has 2 bridgehead atoms. The predicted molar refractivity (Wildman–Crippen MR) is 114 cm³/mol. The van der Waals surface area contributed by atoms with Crippen LogP contribution in [0.25, 0.3) is 0 Å². The van der Waals surface area contributed by atoms with Crippen LogP contribution in [0.5, 0.6) is 0 Å². The van der Waals surface area contributed by atoms with Crippen molar-refractivity contribution in [1.29, 1.82) is 0 Å². The van der Waals surface area contributed by atoms with Gasteiger partial charge in [-0.05, 0) is 55.7 Å². The molecule has 1 N–H and O–H groups in total. The van der Waals surface area contributed by atoms with Crippen LogP contribution >= 0.6 is 0 Å². The number of β-amino-alcohol motifs (C(OH)–C–C–N with tert-alkyl or cyclic N) is 1. The highest BCUT2D eigenvalue weighted by atomic mass is 19.1. The molecule has 168 valence electrons. The molecule has 1 aromatic carbocycles. The van der Waals surface area contributed by atoms with Gasteiger partial charge in [-0.1, -0.05) is 12.1 Å². The Morgan fingerprint density at radius 1 is 1.10 bits per heavy atom. The molecule has 0 aromatic heterocycles. The van der Waals surface area contributed by atoms with Crippen LogP contribution in [0.4, 0.5) is 4.39 Å². The van der Waals surface area contributed by atoms with E-state index < -0.39 is 12.1 Å². The molecule has 4 saturated heterocycles. The molecule has 0 saturated carbocycles. The standard InChI is InChI=1S/C24H32FN3O3/c25-19-6-4-16(5-7-19)8-10-26-13-17-12-18(14-26)23(24(31)27-11-9-20(29)15-27)28-21(17)2-1-3-22(28)30/h4-7,17-18,20-21,23,29H,1-3,8-15H2/t17-,18+,20-,21-,23+/m0/s1. The number of aliphatic hydroxyl groups is 1. The van der Waals surface area contributed by atoms with Crippen molar-refractivity contribution in [1.82, 2.24) is 14.7 Å². The van der Waals surface area contributed by atoms with Crippen molar-refractivity contribution in [3.63, 3.8) is 0 Å². The summed E-state index contributed by atoms with van der Waals surface area (Å²) < 4.78 is 13.2. The Morgan fingerprint density at radius 3 is 2.61 bits per heavy atom. The Labute approximate surface area is 183 Å². The summed E-state index contributed by atoms with van der Waals surface area (Å²) in [5.74, 6) is 0.482. The van der Waals surface area contributed by atoms with Gasteiger partial charge in [-0.15, -0.1) is 0 Å². The fourth-order valence-electron chi connectivity index (χ4n) is 6.32. The van der Waals surface area contributed by atoms with Crippen molar-refractivity contribution in [2.24, 2.45) is 11.8 Å². The third-order valence-electron chi connectivity index (χ3n) is 7.78. The lowest BCUT2D eigenvalue weighted by Gasteiger charge is -2.56. The van der Waals surface area contributed by atoms with Crippen LogP contribution in [0.3, 0.4) is 0 Å². The topological polar surface area (TPSA) is 64.1 Å². The molecule has 2 amide bonds. The van der Waals surface area contributed by atoms with Crippen LogP contribution in [-0.2, 0) is 16.0 Å². The van der Waals surface area contributed by atoms with E-state index in [1.54, 1.807) is 4.90 Å². The van der Waals surface area contributed by atoms with Gasteiger partial charge in [0.25, 0.3) is 0 Å². The molecule has 31 heavy (non-hydrogen) atoms. The summed E-state index contributed by atoms with van der Waals surface area (Å²) in [4.78, 5) is 32.6. The maximum Gasteiger partial charge on any atom is 0.245 e. The van der Waals surface area contributed by atoms with Gasteiger partial charge in [0.05, 0.1) is 6.10 Å². The van der Waals surface area contributed by atoms with E-state index in [4.69, 9.17) is 0 Å². The number of rotatable bonds is 4. The van der Waals surface area contributed by atoms with Crippen molar-refractivity contribution in [2.45, 2.75) is 56.7 Å². The van der Waals surface area contributed by atoms with Crippen LogP contribution in [0.15, 0.2) is 24.3 Å². The number of piperidine rings is 3.